The maximum atomic E-state index is 12.0. The lowest BCUT2D eigenvalue weighted by molar-refractivity contribution is -0.124. The Morgan fingerprint density at radius 3 is 1.35 bits per heavy atom. The van der Waals surface area contributed by atoms with Crippen molar-refractivity contribution < 1.29 is 33.3 Å². The van der Waals surface area contributed by atoms with E-state index in [1.54, 1.807) is 36.4 Å². The van der Waals surface area contributed by atoms with Crippen LogP contribution in [0.1, 0.15) is 0 Å². The number of nitrogens with one attached hydrogen (secondary N) is 2. The zero-order valence-corrected chi connectivity index (χ0v) is 17.1. The van der Waals surface area contributed by atoms with Crippen LogP contribution in [0, 0.1) is 0 Å². The molecule has 9 nitrogen and oxygen atoms in total. The number of hydrogen-bond acceptors (Lipinski definition) is 7. The second-order valence-electron chi connectivity index (χ2n) is 6.48. The van der Waals surface area contributed by atoms with Crippen molar-refractivity contribution in [3.8, 4) is 23.0 Å². The molecule has 0 spiro atoms. The van der Waals surface area contributed by atoms with Gasteiger partial charge in [-0.15, -0.1) is 0 Å². The molecule has 2 N–H and O–H groups in total. The molecule has 0 atom stereocenters. The van der Waals surface area contributed by atoms with Gasteiger partial charge in [0.2, 0.25) is 0 Å². The summed E-state index contributed by atoms with van der Waals surface area (Å²) < 4.78 is 28.0. The van der Waals surface area contributed by atoms with Crippen LogP contribution in [0.2, 0.25) is 0 Å². The van der Waals surface area contributed by atoms with Gasteiger partial charge in [-0.25, -0.2) is 0 Å². The Balaban J connectivity index is 1.59. The van der Waals surface area contributed by atoms with Gasteiger partial charge in [-0.1, -0.05) is 24.3 Å². The summed E-state index contributed by atoms with van der Waals surface area (Å²) >= 11 is 0. The molecule has 1 aliphatic rings. The summed E-state index contributed by atoms with van der Waals surface area (Å²) in [6.45, 7) is 1.56. The second-order valence-corrected chi connectivity index (χ2v) is 6.48. The highest BCUT2D eigenvalue weighted by atomic mass is 16.6. The topological polar surface area (TPSA) is 104 Å². The van der Waals surface area contributed by atoms with Crippen molar-refractivity contribution in [1.29, 1.82) is 0 Å². The maximum absolute atomic E-state index is 12.0. The number of para-hydroxylation sites is 4. The summed E-state index contributed by atoms with van der Waals surface area (Å²) in [5.41, 5.74) is 0. The highest BCUT2D eigenvalue weighted by molar-refractivity contribution is 5.78. The maximum Gasteiger partial charge on any atom is 0.258 e. The third-order valence-corrected chi connectivity index (χ3v) is 4.16. The van der Waals surface area contributed by atoms with Crippen LogP contribution < -0.4 is 29.6 Å². The standard InChI is InChI=1S/C22H26N2O7/c25-21-15-30-19-7-3-1-5-17(19)28-13-11-27-12-14-29-18-6-2-4-8-20(18)31-16-22(26)24-10-9-23-21/h1-8H,9-16H2,(H,23,25)(H,24,26). The van der Waals surface area contributed by atoms with E-state index in [2.05, 4.69) is 10.6 Å². The lowest BCUT2D eigenvalue weighted by Gasteiger charge is -2.13. The molecule has 2 amide bonds. The van der Waals surface area contributed by atoms with Crippen molar-refractivity contribution in [3.05, 3.63) is 48.5 Å². The first-order valence-electron chi connectivity index (χ1n) is 10.0. The van der Waals surface area contributed by atoms with Gasteiger partial charge in [0, 0.05) is 13.1 Å². The molecule has 2 aromatic rings. The Hall–Kier alpha value is -3.46. The third-order valence-electron chi connectivity index (χ3n) is 4.16. The molecule has 1 aliphatic heterocycles. The van der Waals surface area contributed by atoms with E-state index >= 15 is 0 Å². The van der Waals surface area contributed by atoms with E-state index in [4.69, 9.17) is 23.7 Å². The van der Waals surface area contributed by atoms with Crippen LogP contribution in [0.15, 0.2) is 48.5 Å². The fourth-order valence-electron chi connectivity index (χ4n) is 2.69. The summed E-state index contributed by atoms with van der Waals surface area (Å²) in [6, 6.07) is 14.2. The molecule has 0 aliphatic carbocycles. The first kappa shape index (κ1) is 22.2. The number of amides is 2. The fraction of sp³-hybridized carbons (Fsp3) is 0.364. The first-order valence-corrected chi connectivity index (χ1v) is 10.0. The Morgan fingerprint density at radius 2 is 0.935 bits per heavy atom. The van der Waals surface area contributed by atoms with E-state index in [1.807, 2.05) is 12.1 Å². The number of rotatable bonds is 0. The third kappa shape index (κ3) is 7.71. The van der Waals surface area contributed by atoms with Gasteiger partial charge in [0.25, 0.3) is 11.8 Å². The number of hydrogen-bond donors (Lipinski definition) is 2. The highest BCUT2D eigenvalue weighted by Crippen LogP contribution is 2.27. The average molecular weight is 430 g/mol. The minimum absolute atomic E-state index is 0.165. The van der Waals surface area contributed by atoms with Crippen LogP contribution in [-0.2, 0) is 14.3 Å². The molecule has 0 fully saturated rings. The molecule has 0 saturated heterocycles. The van der Waals surface area contributed by atoms with Crippen molar-refractivity contribution in [2.45, 2.75) is 0 Å². The van der Waals surface area contributed by atoms with Crippen LogP contribution in [0.25, 0.3) is 0 Å². The van der Waals surface area contributed by atoms with E-state index in [0.717, 1.165) is 0 Å². The Labute approximate surface area is 180 Å². The SMILES string of the molecule is O=C1COc2ccccc2OCCOCCOc2ccccc2OCC(=O)NCCN1. The number of fused-ring (bicyclic) bond motifs is 2. The van der Waals surface area contributed by atoms with Crippen molar-refractivity contribution in [1.82, 2.24) is 10.6 Å². The summed E-state index contributed by atoms with van der Waals surface area (Å²) in [7, 11) is 0. The van der Waals surface area contributed by atoms with E-state index in [-0.39, 0.29) is 38.1 Å². The van der Waals surface area contributed by atoms with Crippen LogP contribution in [0.3, 0.4) is 0 Å². The van der Waals surface area contributed by atoms with Gasteiger partial charge >= 0.3 is 0 Å². The molecule has 0 saturated carbocycles. The normalized spacial score (nSPS) is 16.9. The fourth-order valence-corrected chi connectivity index (χ4v) is 2.69. The molecule has 0 bridgehead atoms. The number of carbonyl (C=O) groups excluding carboxylic acids is 2. The molecule has 166 valence electrons. The van der Waals surface area contributed by atoms with Crippen molar-refractivity contribution in [2.75, 3.05) is 52.7 Å². The molecule has 31 heavy (non-hydrogen) atoms. The largest absolute Gasteiger partial charge is 0.487 e. The molecular formula is C22H26N2O7. The van der Waals surface area contributed by atoms with Gasteiger partial charge in [0.1, 0.15) is 13.2 Å². The minimum Gasteiger partial charge on any atom is -0.487 e. The Morgan fingerprint density at radius 1 is 0.548 bits per heavy atom. The van der Waals surface area contributed by atoms with Crippen molar-refractivity contribution in [3.63, 3.8) is 0 Å². The molecular weight excluding hydrogens is 404 g/mol. The highest BCUT2D eigenvalue weighted by Gasteiger charge is 2.10. The van der Waals surface area contributed by atoms with E-state index in [1.165, 1.54) is 0 Å². The van der Waals surface area contributed by atoms with E-state index < -0.39 is 0 Å². The zero-order valence-electron chi connectivity index (χ0n) is 17.1. The van der Waals surface area contributed by atoms with Gasteiger partial charge in [-0.05, 0) is 24.3 Å². The molecule has 1 heterocycles. The molecule has 0 unspecified atom stereocenters. The lowest BCUT2D eigenvalue weighted by atomic mass is 10.3. The molecule has 3 rings (SSSR count). The predicted molar refractivity (Wildman–Crippen MR) is 112 cm³/mol. The average Bonchev–Trinajstić information content (AvgIpc) is 2.79. The van der Waals surface area contributed by atoms with E-state index in [9.17, 15) is 9.59 Å². The lowest BCUT2D eigenvalue weighted by Crippen LogP contribution is -2.38. The van der Waals surface area contributed by atoms with Gasteiger partial charge in [0.15, 0.2) is 36.2 Å². The molecule has 2 aromatic carbocycles. The Bertz CT molecular complexity index is 790. The van der Waals surface area contributed by atoms with Gasteiger partial charge < -0.3 is 34.3 Å². The zero-order chi connectivity index (χ0) is 21.7. The smallest absolute Gasteiger partial charge is 0.258 e. The summed E-state index contributed by atoms with van der Waals surface area (Å²) in [4.78, 5) is 24.0. The molecule has 0 radical (unpaired) electrons. The van der Waals surface area contributed by atoms with Crippen molar-refractivity contribution in [2.24, 2.45) is 0 Å². The number of benzene rings is 2. The monoisotopic (exact) mass is 430 g/mol. The predicted octanol–water partition coefficient (Wildman–Crippen LogP) is 1.16. The van der Waals surface area contributed by atoms with Crippen LogP contribution >= 0.6 is 0 Å². The quantitative estimate of drug-likeness (QED) is 0.646. The summed E-state index contributed by atoms with van der Waals surface area (Å²) in [5, 5.41) is 5.36. The summed E-state index contributed by atoms with van der Waals surface area (Å²) in [6.07, 6.45) is 0. The molecule has 0 aromatic heterocycles. The van der Waals surface area contributed by atoms with Gasteiger partial charge in [-0.2, -0.15) is 0 Å². The first-order chi connectivity index (χ1) is 15.2. The number of carbonyl (C=O) groups is 2. The van der Waals surface area contributed by atoms with Crippen LogP contribution in [-0.4, -0.2) is 64.5 Å². The van der Waals surface area contributed by atoms with Gasteiger partial charge in [0.05, 0.1) is 13.2 Å². The summed E-state index contributed by atoms with van der Waals surface area (Å²) in [5.74, 6) is 1.38. The van der Waals surface area contributed by atoms with Crippen LogP contribution in [0.4, 0.5) is 0 Å². The minimum atomic E-state index is -0.305. The van der Waals surface area contributed by atoms with Gasteiger partial charge in [-0.3, -0.25) is 9.59 Å². The van der Waals surface area contributed by atoms with Crippen LogP contribution in [0.5, 0.6) is 23.0 Å². The van der Waals surface area contributed by atoms with E-state index in [0.29, 0.717) is 49.4 Å². The number of ether oxygens (including phenoxy) is 5. The Kier molecular flexibility index (Phi) is 8.81. The second kappa shape index (κ2) is 12.3. The molecule has 9 heteroatoms. The van der Waals surface area contributed by atoms with Crippen molar-refractivity contribution >= 4 is 11.8 Å².